The first-order valence-corrected chi connectivity index (χ1v) is 3.07. The molecule has 0 atom stereocenters. The standard InChI is InChI=1S/BH3O3.H3N.H3O4P/c2-1(3)4;;1-5(2,3)4/h2-4H;1H3;(H3,1,2,3,4). The Kier molecular flexibility index (Phi) is 11.8. The van der Waals surface area contributed by atoms with Crippen molar-refractivity contribution in [2.45, 2.75) is 0 Å². The Labute approximate surface area is 56.8 Å². The third-order valence-electron chi connectivity index (χ3n) is 0. The Bertz CT molecular complexity index is 84.8. The molecule has 0 bridgehead atoms. The molecule has 0 aromatic rings. The van der Waals surface area contributed by atoms with Gasteiger partial charge < -0.3 is 35.9 Å². The monoisotopic (exact) mass is 177 g/mol. The lowest BCUT2D eigenvalue weighted by Gasteiger charge is -2.01. The van der Waals surface area contributed by atoms with Gasteiger partial charge in [-0.2, -0.15) is 0 Å². The molecular weight excluding hydrogens is 168 g/mol. The average molecular weight is 177 g/mol. The second-order valence-electron chi connectivity index (χ2n) is 0.837. The van der Waals surface area contributed by atoms with Crippen LogP contribution in [0.15, 0.2) is 0 Å². The first-order chi connectivity index (χ1) is 3.73. The molecule has 10 heavy (non-hydrogen) atoms. The molecule has 10 heteroatoms. The summed E-state index contributed by atoms with van der Waals surface area (Å²) in [6.07, 6.45) is 0. The van der Waals surface area contributed by atoms with Crippen molar-refractivity contribution in [2.24, 2.45) is 0 Å². The molecule has 0 aliphatic rings. The molecule has 0 aliphatic heterocycles. The third kappa shape index (κ3) is 1770000. The highest BCUT2D eigenvalue weighted by Gasteiger charge is 1.92. The number of hydrogen-bond donors (Lipinski definition) is 6. The Balaban J connectivity index is -0.0000000910. The smallest absolute Gasteiger partial charge is 0.631 e. The summed E-state index contributed by atoms with van der Waals surface area (Å²) >= 11 is 0. The Morgan fingerprint density at radius 1 is 1.20 bits per heavy atom. The molecular formula is H9BNO7P. The summed E-state index contributed by atoms with van der Waals surface area (Å²) in [5, 5.41) is 21.5. The highest BCUT2D eigenvalue weighted by atomic mass is 31.2. The maximum absolute atomic E-state index is 8.77. The molecule has 0 heterocycles. The van der Waals surface area contributed by atoms with Crippen LogP contribution >= 0.6 is 7.82 Å². The minimum Gasteiger partial charge on any atom is -0.756 e. The second kappa shape index (κ2) is 7.13. The molecule has 0 rings (SSSR count). The van der Waals surface area contributed by atoms with Crippen LogP contribution < -0.4 is 11.0 Å². The van der Waals surface area contributed by atoms with Gasteiger partial charge in [-0.1, -0.05) is 0 Å². The largest absolute Gasteiger partial charge is 0.756 e. The highest BCUT2D eigenvalue weighted by Crippen LogP contribution is 2.18. The third-order valence-corrected chi connectivity index (χ3v) is 0. The van der Waals surface area contributed by atoms with Crippen LogP contribution in [0, 0.1) is 0 Å². The molecule has 0 amide bonds. The SMILES string of the molecule is O=P([O-])(O)O.OB(O)O.[NH4+]. The Hall–Kier alpha value is 0.0149. The fourth-order valence-electron chi connectivity index (χ4n) is 0. The van der Waals surface area contributed by atoms with Crippen LogP contribution in [0.3, 0.4) is 0 Å². The van der Waals surface area contributed by atoms with Crippen molar-refractivity contribution in [3.8, 4) is 0 Å². The number of hydrogen-bond acceptors (Lipinski definition) is 5. The van der Waals surface area contributed by atoms with Crippen molar-refractivity contribution >= 4 is 15.1 Å². The molecule has 0 aliphatic carbocycles. The van der Waals surface area contributed by atoms with Crippen LogP contribution in [-0.2, 0) is 4.57 Å². The van der Waals surface area contributed by atoms with E-state index in [1.165, 1.54) is 0 Å². The van der Waals surface area contributed by atoms with Gasteiger partial charge in [-0.05, 0) is 0 Å². The van der Waals surface area contributed by atoms with Gasteiger partial charge in [0.1, 0.15) is 0 Å². The van der Waals surface area contributed by atoms with Crippen LogP contribution in [0.2, 0.25) is 0 Å². The zero-order chi connectivity index (χ0) is 8.08. The van der Waals surface area contributed by atoms with Crippen LogP contribution in [0.25, 0.3) is 0 Å². The molecule has 9 N–H and O–H groups in total. The molecule has 0 saturated heterocycles. The molecule has 0 aromatic heterocycles. The van der Waals surface area contributed by atoms with E-state index in [0.717, 1.165) is 0 Å². The van der Waals surface area contributed by atoms with Crippen LogP contribution in [0.5, 0.6) is 0 Å². The average Bonchev–Trinajstić information content (AvgIpc) is 1.19. The van der Waals surface area contributed by atoms with E-state index in [1.807, 2.05) is 0 Å². The van der Waals surface area contributed by atoms with E-state index in [-0.39, 0.29) is 6.15 Å². The summed E-state index contributed by atoms with van der Waals surface area (Å²) in [5.41, 5.74) is 0. The summed E-state index contributed by atoms with van der Waals surface area (Å²) in [4.78, 5) is 22.9. The Morgan fingerprint density at radius 3 is 1.20 bits per heavy atom. The van der Waals surface area contributed by atoms with Gasteiger partial charge in [0.15, 0.2) is 0 Å². The van der Waals surface area contributed by atoms with Crippen molar-refractivity contribution < 1.29 is 34.3 Å². The van der Waals surface area contributed by atoms with Crippen LogP contribution in [-0.4, -0.2) is 32.2 Å². The van der Waals surface area contributed by atoms with E-state index in [4.69, 9.17) is 34.3 Å². The molecule has 0 radical (unpaired) electrons. The zero-order valence-corrected chi connectivity index (χ0v) is 5.97. The summed E-state index contributed by atoms with van der Waals surface area (Å²) in [6, 6.07) is 0. The van der Waals surface area contributed by atoms with Gasteiger partial charge in [0.05, 0.1) is 0 Å². The lowest BCUT2D eigenvalue weighted by Crippen LogP contribution is -2.07. The number of phosphoric acid groups is 1. The van der Waals surface area contributed by atoms with Crippen molar-refractivity contribution in [3.63, 3.8) is 0 Å². The lowest BCUT2D eigenvalue weighted by molar-refractivity contribution is -0.214. The number of rotatable bonds is 0. The summed E-state index contributed by atoms with van der Waals surface area (Å²) < 4.78 is 8.77. The van der Waals surface area contributed by atoms with Gasteiger partial charge in [-0.15, -0.1) is 0 Å². The molecule has 64 valence electrons. The summed E-state index contributed by atoms with van der Waals surface area (Å²) in [6.45, 7) is 0. The first-order valence-electron chi connectivity index (χ1n) is 1.54. The number of quaternary nitrogens is 1. The van der Waals surface area contributed by atoms with Gasteiger partial charge in [0.2, 0.25) is 0 Å². The van der Waals surface area contributed by atoms with Crippen molar-refractivity contribution in [1.82, 2.24) is 6.15 Å². The van der Waals surface area contributed by atoms with Gasteiger partial charge in [-0.25, -0.2) is 0 Å². The quantitative estimate of drug-likeness (QED) is 0.166. The van der Waals surface area contributed by atoms with E-state index < -0.39 is 15.1 Å². The molecule has 8 nitrogen and oxygen atoms in total. The maximum Gasteiger partial charge on any atom is 0.631 e. The molecule has 0 saturated carbocycles. The highest BCUT2D eigenvalue weighted by molar-refractivity contribution is 7.43. The fourth-order valence-corrected chi connectivity index (χ4v) is 0. The van der Waals surface area contributed by atoms with Crippen LogP contribution in [0.4, 0.5) is 0 Å². The topological polar surface area (TPSA) is 178 Å². The van der Waals surface area contributed by atoms with Gasteiger partial charge in [-0.3, -0.25) is 4.57 Å². The molecule has 0 aromatic carbocycles. The maximum atomic E-state index is 8.77. The first kappa shape index (κ1) is 16.5. The minimum absolute atomic E-state index is 0. The summed E-state index contributed by atoms with van der Waals surface area (Å²) in [7, 11) is -7.06. The van der Waals surface area contributed by atoms with Crippen molar-refractivity contribution in [3.05, 3.63) is 0 Å². The lowest BCUT2D eigenvalue weighted by atomic mass is 10.3. The fraction of sp³-hybridized carbons (Fsp3) is 0. The molecule has 0 fully saturated rings. The minimum atomic E-state index is -4.89. The van der Waals surface area contributed by atoms with Crippen molar-refractivity contribution in [1.29, 1.82) is 0 Å². The predicted octanol–water partition coefficient (Wildman–Crippen LogP) is -3.24. The van der Waals surface area contributed by atoms with Crippen molar-refractivity contribution in [2.75, 3.05) is 0 Å². The van der Waals surface area contributed by atoms with E-state index in [1.54, 1.807) is 0 Å². The van der Waals surface area contributed by atoms with E-state index in [0.29, 0.717) is 0 Å². The van der Waals surface area contributed by atoms with Gasteiger partial charge in [0.25, 0.3) is 7.82 Å². The normalized spacial score (nSPS) is 8.60. The van der Waals surface area contributed by atoms with E-state index in [9.17, 15) is 0 Å². The molecule has 0 spiro atoms. The van der Waals surface area contributed by atoms with Gasteiger partial charge >= 0.3 is 7.32 Å². The van der Waals surface area contributed by atoms with E-state index in [2.05, 4.69) is 0 Å². The zero-order valence-electron chi connectivity index (χ0n) is 5.08. The second-order valence-corrected chi connectivity index (χ2v) is 1.82. The molecule has 0 unspecified atom stereocenters. The van der Waals surface area contributed by atoms with Crippen LogP contribution in [0.1, 0.15) is 0 Å². The summed E-state index contributed by atoms with van der Waals surface area (Å²) in [5.74, 6) is 0. The Morgan fingerprint density at radius 2 is 1.20 bits per heavy atom. The van der Waals surface area contributed by atoms with Gasteiger partial charge in [0, 0.05) is 0 Å². The predicted molar refractivity (Wildman–Crippen MR) is 30.4 cm³/mol. The van der Waals surface area contributed by atoms with E-state index >= 15 is 0 Å².